The monoisotopic (exact) mass is 267 g/mol. The van der Waals surface area contributed by atoms with Gasteiger partial charge in [-0.1, -0.05) is 45.4 Å². The van der Waals surface area contributed by atoms with Gasteiger partial charge in [0, 0.05) is 13.2 Å². The minimum Gasteiger partial charge on any atom is -0.380 e. The Kier molecular flexibility index (Phi) is 6.66. The third-order valence-electron chi connectivity index (χ3n) is 5.34. The molecule has 0 amide bonds. The van der Waals surface area contributed by atoms with Crippen LogP contribution in [0.2, 0.25) is 0 Å². The number of nitrogens with one attached hydrogen (secondary N) is 1. The summed E-state index contributed by atoms with van der Waals surface area (Å²) in [6, 6.07) is 0.596. The molecule has 0 radical (unpaired) electrons. The van der Waals surface area contributed by atoms with Crippen LogP contribution in [-0.4, -0.2) is 25.8 Å². The van der Waals surface area contributed by atoms with E-state index < -0.39 is 0 Å². The van der Waals surface area contributed by atoms with Gasteiger partial charge in [-0.3, -0.25) is 0 Å². The molecule has 2 atom stereocenters. The van der Waals surface area contributed by atoms with Gasteiger partial charge in [-0.2, -0.15) is 0 Å². The SMILES string of the molecule is CCNC(C1CCCCC1)C(OC)C1CCCCC1. The zero-order chi connectivity index (χ0) is 13.5. The first-order valence-electron chi connectivity index (χ1n) is 8.63. The second kappa shape index (κ2) is 8.26. The summed E-state index contributed by atoms with van der Waals surface area (Å²) in [4.78, 5) is 0. The molecule has 2 unspecified atom stereocenters. The number of rotatable bonds is 6. The summed E-state index contributed by atoms with van der Waals surface area (Å²) in [5.41, 5.74) is 0. The van der Waals surface area contributed by atoms with Crippen LogP contribution in [0.1, 0.15) is 71.1 Å². The van der Waals surface area contributed by atoms with Crippen LogP contribution in [0.4, 0.5) is 0 Å². The van der Waals surface area contributed by atoms with Gasteiger partial charge in [-0.15, -0.1) is 0 Å². The van der Waals surface area contributed by atoms with Gasteiger partial charge in [0.2, 0.25) is 0 Å². The molecule has 0 aromatic heterocycles. The van der Waals surface area contributed by atoms with Crippen LogP contribution in [0.3, 0.4) is 0 Å². The standard InChI is InChI=1S/C17H33NO/c1-3-18-16(14-10-6-4-7-11-14)17(19-2)15-12-8-5-9-13-15/h14-18H,3-13H2,1-2H3. The number of hydrogen-bond donors (Lipinski definition) is 1. The van der Waals surface area contributed by atoms with Crippen molar-refractivity contribution in [3.63, 3.8) is 0 Å². The van der Waals surface area contributed by atoms with Crippen molar-refractivity contribution < 1.29 is 4.74 Å². The summed E-state index contributed by atoms with van der Waals surface area (Å²) in [6.07, 6.45) is 14.6. The van der Waals surface area contributed by atoms with E-state index in [0.717, 1.165) is 18.4 Å². The van der Waals surface area contributed by atoms with Crippen molar-refractivity contribution in [3.8, 4) is 0 Å². The molecule has 2 aliphatic rings. The Balaban J connectivity index is 2.00. The minimum atomic E-state index is 0.448. The topological polar surface area (TPSA) is 21.3 Å². The molecule has 2 aliphatic carbocycles. The minimum absolute atomic E-state index is 0.448. The first kappa shape index (κ1) is 15.3. The summed E-state index contributed by atoms with van der Waals surface area (Å²) < 4.78 is 6.00. The molecule has 0 aromatic carbocycles. The maximum atomic E-state index is 6.00. The van der Waals surface area contributed by atoms with Gasteiger partial charge in [0.1, 0.15) is 0 Å². The lowest BCUT2D eigenvalue weighted by Crippen LogP contribution is -2.50. The molecule has 0 heterocycles. The van der Waals surface area contributed by atoms with E-state index in [2.05, 4.69) is 12.2 Å². The maximum Gasteiger partial charge on any atom is 0.0755 e. The molecule has 112 valence electrons. The normalized spacial score (nSPS) is 26.2. The van der Waals surface area contributed by atoms with Crippen LogP contribution < -0.4 is 5.32 Å². The molecule has 0 aliphatic heterocycles. The van der Waals surface area contributed by atoms with Gasteiger partial charge in [-0.25, -0.2) is 0 Å². The molecule has 2 heteroatoms. The van der Waals surface area contributed by atoms with E-state index in [9.17, 15) is 0 Å². The Morgan fingerprint density at radius 1 is 0.895 bits per heavy atom. The summed E-state index contributed by atoms with van der Waals surface area (Å²) in [5, 5.41) is 3.78. The average Bonchev–Trinajstić information content (AvgIpc) is 2.49. The molecule has 0 saturated heterocycles. The van der Waals surface area contributed by atoms with Gasteiger partial charge in [-0.05, 0) is 44.1 Å². The van der Waals surface area contributed by atoms with Crippen LogP contribution in [-0.2, 0) is 4.74 Å². The smallest absolute Gasteiger partial charge is 0.0755 e. The molecule has 19 heavy (non-hydrogen) atoms. The molecule has 0 spiro atoms. The fourth-order valence-corrected chi connectivity index (χ4v) is 4.38. The summed E-state index contributed by atoms with van der Waals surface area (Å²) >= 11 is 0. The molecule has 0 aromatic rings. The Bertz CT molecular complexity index is 231. The van der Waals surface area contributed by atoms with Crippen molar-refractivity contribution >= 4 is 0 Å². The van der Waals surface area contributed by atoms with E-state index >= 15 is 0 Å². The largest absolute Gasteiger partial charge is 0.380 e. The van der Waals surface area contributed by atoms with Gasteiger partial charge in [0.05, 0.1) is 6.10 Å². The van der Waals surface area contributed by atoms with Crippen molar-refractivity contribution in [2.24, 2.45) is 11.8 Å². The lowest BCUT2D eigenvalue weighted by Gasteiger charge is -2.40. The predicted octanol–water partition coefficient (Wildman–Crippen LogP) is 4.14. The van der Waals surface area contributed by atoms with E-state index in [1.54, 1.807) is 0 Å². The second-order valence-corrected chi connectivity index (χ2v) is 6.58. The third-order valence-corrected chi connectivity index (χ3v) is 5.34. The van der Waals surface area contributed by atoms with Crippen molar-refractivity contribution in [1.29, 1.82) is 0 Å². The summed E-state index contributed by atoms with van der Waals surface area (Å²) in [7, 11) is 1.94. The summed E-state index contributed by atoms with van der Waals surface area (Å²) in [5.74, 6) is 1.64. The molecule has 1 N–H and O–H groups in total. The molecule has 2 fully saturated rings. The van der Waals surface area contributed by atoms with E-state index in [0.29, 0.717) is 12.1 Å². The zero-order valence-electron chi connectivity index (χ0n) is 13.0. The number of hydrogen-bond acceptors (Lipinski definition) is 2. The van der Waals surface area contributed by atoms with Crippen molar-refractivity contribution in [2.75, 3.05) is 13.7 Å². The molecule has 2 saturated carbocycles. The van der Waals surface area contributed by atoms with Crippen LogP contribution >= 0.6 is 0 Å². The molecule has 2 nitrogen and oxygen atoms in total. The Morgan fingerprint density at radius 2 is 1.42 bits per heavy atom. The van der Waals surface area contributed by atoms with Crippen LogP contribution in [0, 0.1) is 11.8 Å². The van der Waals surface area contributed by atoms with E-state index in [1.807, 2.05) is 7.11 Å². The average molecular weight is 267 g/mol. The lowest BCUT2D eigenvalue weighted by molar-refractivity contribution is -0.0124. The highest BCUT2D eigenvalue weighted by atomic mass is 16.5. The van der Waals surface area contributed by atoms with Crippen LogP contribution in [0.5, 0.6) is 0 Å². The first-order valence-corrected chi connectivity index (χ1v) is 8.63. The Hall–Kier alpha value is -0.0800. The number of likely N-dealkylation sites (N-methyl/N-ethyl adjacent to an activating group) is 1. The molecule has 2 rings (SSSR count). The van der Waals surface area contributed by atoms with Crippen molar-refractivity contribution in [2.45, 2.75) is 83.3 Å². The van der Waals surface area contributed by atoms with Gasteiger partial charge in [0.15, 0.2) is 0 Å². The zero-order valence-corrected chi connectivity index (χ0v) is 13.0. The Morgan fingerprint density at radius 3 is 1.89 bits per heavy atom. The van der Waals surface area contributed by atoms with Gasteiger partial charge < -0.3 is 10.1 Å². The van der Waals surface area contributed by atoms with E-state index in [4.69, 9.17) is 4.74 Å². The maximum absolute atomic E-state index is 6.00. The van der Waals surface area contributed by atoms with E-state index in [1.165, 1.54) is 64.2 Å². The molecular weight excluding hydrogens is 234 g/mol. The van der Waals surface area contributed by atoms with Crippen molar-refractivity contribution in [1.82, 2.24) is 5.32 Å². The predicted molar refractivity (Wildman–Crippen MR) is 81.4 cm³/mol. The third kappa shape index (κ3) is 4.19. The molecule has 0 bridgehead atoms. The fourth-order valence-electron chi connectivity index (χ4n) is 4.38. The highest BCUT2D eigenvalue weighted by molar-refractivity contribution is 4.90. The fraction of sp³-hybridized carbons (Fsp3) is 1.00. The van der Waals surface area contributed by atoms with Crippen molar-refractivity contribution in [3.05, 3.63) is 0 Å². The molecular formula is C17H33NO. The van der Waals surface area contributed by atoms with Gasteiger partial charge >= 0.3 is 0 Å². The van der Waals surface area contributed by atoms with Crippen LogP contribution in [0.15, 0.2) is 0 Å². The lowest BCUT2D eigenvalue weighted by atomic mass is 9.75. The summed E-state index contributed by atoms with van der Waals surface area (Å²) in [6.45, 7) is 3.32. The van der Waals surface area contributed by atoms with Crippen LogP contribution in [0.25, 0.3) is 0 Å². The highest BCUT2D eigenvalue weighted by Gasteiger charge is 2.35. The Labute approximate surface area is 119 Å². The highest BCUT2D eigenvalue weighted by Crippen LogP contribution is 2.35. The number of ether oxygens (including phenoxy) is 1. The first-order chi connectivity index (χ1) is 9.36. The van der Waals surface area contributed by atoms with E-state index in [-0.39, 0.29) is 0 Å². The number of methoxy groups -OCH3 is 1. The quantitative estimate of drug-likeness (QED) is 0.781. The second-order valence-electron chi connectivity index (χ2n) is 6.58. The van der Waals surface area contributed by atoms with Gasteiger partial charge in [0.25, 0.3) is 0 Å².